The van der Waals surface area contributed by atoms with E-state index in [1.54, 1.807) is 0 Å². The van der Waals surface area contributed by atoms with Gasteiger partial charge in [-0.15, -0.1) is 5.11 Å². The maximum Gasteiger partial charge on any atom is 0.263 e. The Morgan fingerprint density at radius 3 is 2.35 bits per heavy atom. The fraction of sp³-hybridized carbons (Fsp3) is 0.500. The topological polar surface area (TPSA) is 187 Å². The summed E-state index contributed by atoms with van der Waals surface area (Å²) in [5.41, 5.74) is 10.7. The summed E-state index contributed by atoms with van der Waals surface area (Å²) >= 11 is 0. The highest BCUT2D eigenvalue weighted by molar-refractivity contribution is 5.82. The number of nitrogens with one attached hydrogen (secondary N) is 1. The molecule has 0 aromatic carbocycles. The molecule has 0 spiro atoms. The number of hydrogen-bond donors (Lipinski definition) is 3. The number of nitrogen functional groups attached to an aromatic ring is 2. The molecule has 0 aliphatic rings. The van der Waals surface area contributed by atoms with Gasteiger partial charge >= 0.3 is 0 Å². The van der Waals surface area contributed by atoms with Crippen LogP contribution in [0.1, 0.15) is 20.8 Å². The van der Waals surface area contributed by atoms with E-state index < -0.39 is 5.54 Å². The van der Waals surface area contributed by atoms with Crippen molar-refractivity contribution in [1.29, 1.82) is 0 Å². The molecule has 5 N–H and O–H groups in total. The quantitative estimate of drug-likeness (QED) is 0.500. The van der Waals surface area contributed by atoms with Gasteiger partial charge in [-0.05, 0) is 41.4 Å². The lowest BCUT2D eigenvalue weighted by atomic mass is 10.1. The molecule has 0 radical (unpaired) electrons. The summed E-state index contributed by atoms with van der Waals surface area (Å²) in [6, 6.07) is 0. The van der Waals surface area contributed by atoms with Crippen LogP contribution in [0.2, 0.25) is 0 Å². The van der Waals surface area contributed by atoms with Crippen molar-refractivity contribution in [3.63, 3.8) is 0 Å². The minimum absolute atomic E-state index is 0.0211. The second-order valence-corrected chi connectivity index (χ2v) is 5.49. The first-order chi connectivity index (χ1) is 10.8. The van der Waals surface area contributed by atoms with Crippen molar-refractivity contribution in [1.82, 2.24) is 25.9 Å². The number of anilines is 3. The third-order valence-corrected chi connectivity index (χ3v) is 2.29. The van der Waals surface area contributed by atoms with E-state index in [4.69, 9.17) is 11.5 Å². The number of rotatable bonds is 5. The van der Waals surface area contributed by atoms with Crippen LogP contribution in [0, 0.1) is 0 Å². The van der Waals surface area contributed by atoms with E-state index in [1.807, 2.05) is 20.8 Å². The van der Waals surface area contributed by atoms with Gasteiger partial charge in [0.15, 0.2) is 0 Å². The van der Waals surface area contributed by atoms with Crippen LogP contribution < -0.4 is 21.8 Å². The van der Waals surface area contributed by atoms with Crippen molar-refractivity contribution < 1.29 is 14.1 Å². The van der Waals surface area contributed by atoms with E-state index in [0.29, 0.717) is 0 Å². The predicted molar refractivity (Wildman–Crippen MR) is 77.2 cm³/mol. The van der Waals surface area contributed by atoms with Crippen LogP contribution in [0.3, 0.4) is 0 Å². The average Bonchev–Trinajstić information content (AvgIpc) is 3.01. The first kappa shape index (κ1) is 16.1. The van der Waals surface area contributed by atoms with Gasteiger partial charge in [0, 0.05) is 5.54 Å². The minimum atomic E-state index is -0.423. The number of nitrogens with two attached hydrogens (primary N) is 2. The minimum Gasteiger partial charge on any atom is -0.378 e. The summed E-state index contributed by atoms with van der Waals surface area (Å²) in [5, 5.41) is 25.2. The van der Waals surface area contributed by atoms with Crippen molar-refractivity contribution in [2.75, 3.05) is 23.0 Å². The number of carbonyl (C=O) groups is 1. The van der Waals surface area contributed by atoms with Gasteiger partial charge in [0.05, 0.1) is 0 Å². The first-order valence-corrected chi connectivity index (χ1v) is 6.42. The summed E-state index contributed by atoms with van der Waals surface area (Å²) in [4.78, 5) is 12.1. The average molecular weight is 324 g/mol. The van der Waals surface area contributed by atoms with E-state index in [-0.39, 0.29) is 35.7 Å². The second kappa shape index (κ2) is 6.25. The zero-order valence-electron chi connectivity index (χ0n) is 12.7. The molecule has 0 fully saturated rings. The Morgan fingerprint density at radius 1 is 1.17 bits per heavy atom. The maximum atomic E-state index is 12.1. The summed E-state index contributed by atoms with van der Waals surface area (Å²) in [6.45, 7) is 5.28. The molecule has 0 saturated heterocycles. The van der Waals surface area contributed by atoms with Crippen LogP contribution in [0.25, 0.3) is 0 Å². The molecule has 0 aliphatic carbocycles. The molecule has 0 saturated carbocycles. The van der Waals surface area contributed by atoms with Crippen molar-refractivity contribution in [2.45, 2.75) is 26.3 Å². The molecule has 2 aromatic heterocycles. The summed E-state index contributed by atoms with van der Waals surface area (Å²) < 4.78 is 8.89. The van der Waals surface area contributed by atoms with Crippen LogP contribution in [0.5, 0.6) is 0 Å². The lowest BCUT2D eigenvalue weighted by Gasteiger charge is -2.22. The van der Waals surface area contributed by atoms with Crippen LogP contribution in [0.4, 0.5) is 23.3 Å². The van der Waals surface area contributed by atoms with Crippen LogP contribution in [0.15, 0.2) is 19.6 Å². The molecule has 13 heteroatoms. The highest BCUT2D eigenvalue weighted by atomic mass is 16.6. The Labute approximate surface area is 130 Å². The van der Waals surface area contributed by atoms with E-state index in [1.165, 1.54) is 0 Å². The molecule has 0 bridgehead atoms. The molecule has 0 aliphatic heterocycles. The molecular formula is C10H16N10O3. The van der Waals surface area contributed by atoms with Crippen molar-refractivity contribution in [3.8, 4) is 0 Å². The molecule has 2 heterocycles. The lowest BCUT2D eigenvalue weighted by molar-refractivity contribution is -0.121. The molecule has 2 aromatic rings. The van der Waals surface area contributed by atoms with E-state index in [9.17, 15) is 4.79 Å². The number of amides is 1. The summed E-state index contributed by atoms with van der Waals surface area (Å²) in [7, 11) is 0. The molecule has 1 amide bonds. The van der Waals surface area contributed by atoms with Gasteiger partial charge in [0.25, 0.3) is 5.82 Å². The highest BCUT2D eigenvalue weighted by Crippen LogP contribution is 2.21. The SMILES string of the molecule is CC(C)(C)NC(=O)CN(N=Nc1nonc1N)c1nonc1N. The largest absolute Gasteiger partial charge is 0.378 e. The lowest BCUT2D eigenvalue weighted by Crippen LogP contribution is -2.45. The number of aromatic nitrogens is 4. The highest BCUT2D eigenvalue weighted by Gasteiger charge is 2.22. The van der Waals surface area contributed by atoms with Crippen LogP contribution in [-0.4, -0.2) is 38.6 Å². The maximum absolute atomic E-state index is 12.1. The molecule has 0 unspecified atom stereocenters. The monoisotopic (exact) mass is 324 g/mol. The molecule has 23 heavy (non-hydrogen) atoms. The van der Waals surface area contributed by atoms with Crippen LogP contribution >= 0.6 is 0 Å². The molecule has 124 valence electrons. The van der Waals surface area contributed by atoms with Gasteiger partial charge in [-0.3, -0.25) is 4.79 Å². The Bertz CT molecular complexity index is 700. The predicted octanol–water partition coefficient (Wildman–Crippen LogP) is 0.0370. The van der Waals surface area contributed by atoms with Crippen molar-refractivity contribution in [2.24, 2.45) is 10.3 Å². The zero-order chi connectivity index (χ0) is 17.0. The van der Waals surface area contributed by atoms with Gasteiger partial charge in [0.1, 0.15) is 6.54 Å². The first-order valence-electron chi connectivity index (χ1n) is 6.42. The van der Waals surface area contributed by atoms with Crippen LogP contribution in [-0.2, 0) is 4.79 Å². The van der Waals surface area contributed by atoms with E-state index in [0.717, 1.165) is 5.01 Å². The Balaban J connectivity index is 2.19. The smallest absolute Gasteiger partial charge is 0.263 e. The van der Waals surface area contributed by atoms with Crippen molar-refractivity contribution >= 4 is 29.2 Å². The third kappa shape index (κ3) is 4.36. The van der Waals surface area contributed by atoms with Gasteiger partial charge < -0.3 is 16.8 Å². The number of nitrogens with zero attached hydrogens (tertiary/aromatic N) is 7. The number of carbonyl (C=O) groups excluding carboxylic acids is 1. The Kier molecular flexibility index (Phi) is 4.38. The zero-order valence-corrected chi connectivity index (χ0v) is 12.7. The van der Waals surface area contributed by atoms with Gasteiger partial charge in [-0.2, -0.15) is 0 Å². The normalized spacial score (nSPS) is 11.8. The van der Waals surface area contributed by atoms with Gasteiger partial charge in [-0.1, -0.05) is 5.22 Å². The summed E-state index contributed by atoms with van der Waals surface area (Å²) in [5.74, 6) is -0.489. The summed E-state index contributed by atoms with van der Waals surface area (Å²) in [6.07, 6.45) is 0. The van der Waals surface area contributed by atoms with Crippen molar-refractivity contribution in [3.05, 3.63) is 0 Å². The fourth-order valence-corrected chi connectivity index (χ4v) is 1.47. The Morgan fingerprint density at radius 2 is 1.83 bits per heavy atom. The van der Waals surface area contributed by atoms with E-state index >= 15 is 0 Å². The standard InChI is InChI=1S/C10H16N10O3/c1-10(2,3)13-5(21)4-20(9-7(12)16-23-18-9)19-14-8-6(11)15-22-17-8/h4H2,1-3H3,(H2,11,15)(H2,12,16)(H,13,21). The molecular weight excluding hydrogens is 308 g/mol. The molecule has 2 rings (SSSR count). The molecule has 0 atom stereocenters. The third-order valence-electron chi connectivity index (χ3n) is 2.29. The second-order valence-electron chi connectivity index (χ2n) is 5.49. The van der Waals surface area contributed by atoms with Gasteiger partial charge in [0.2, 0.25) is 23.4 Å². The van der Waals surface area contributed by atoms with E-state index in [2.05, 4.69) is 45.5 Å². The number of hydrogen-bond acceptors (Lipinski definition) is 11. The Hall–Kier alpha value is -3.25. The fourth-order valence-electron chi connectivity index (χ4n) is 1.47. The molecule has 13 nitrogen and oxygen atoms in total. The van der Waals surface area contributed by atoms with Gasteiger partial charge in [-0.25, -0.2) is 14.3 Å².